The molecule has 0 unspecified atom stereocenters. The summed E-state index contributed by atoms with van der Waals surface area (Å²) in [6.45, 7) is 4.55. The molecule has 0 bridgehead atoms. The summed E-state index contributed by atoms with van der Waals surface area (Å²) < 4.78 is 6.00. The molecule has 4 nitrogen and oxygen atoms in total. The van der Waals surface area contributed by atoms with Gasteiger partial charge in [-0.3, -0.25) is 4.79 Å². The molecule has 0 atom stereocenters. The summed E-state index contributed by atoms with van der Waals surface area (Å²) >= 11 is 18.4. The fraction of sp³-hybridized carbons (Fsp3) is 0.208. The Morgan fingerprint density at radius 2 is 1.52 bits per heavy atom. The van der Waals surface area contributed by atoms with Crippen molar-refractivity contribution in [2.75, 3.05) is 10.6 Å². The van der Waals surface area contributed by atoms with Crippen molar-refractivity contribution in [2.24, 2.45) is 5.92 Å². The van der Waals surface area contributed by atoms with E-state index in [2.05, 4.69) is 10.6 Å². The van der Waals surface area contributed by atoms with Crippen LogP contribution < -0.4 is 15.4 Å². The number of ether oxygens (including phenoxy) is 1. The van der Waals surface area contributed by atoms with Crippen LogP contribution in [-0.4, -0.2) is 5.91 Å². The van der Waals surface area contributed by atoms with Crippen LogP contribution in [0, 0.1) is 5.92 Å². The maximum absolute atomic E-state index is 11.8. The van der Waals surface area contributed by atoms with Gasteiger partial charge in [0.05, 0.1) is 0 Å². The molecule has 0 aliphatic heterocycles. The first-order chi connectivity index (χ1) is 14.8. The molecule has 0 aliphatic rings. The zero-order valence-electron chi connectivity index (χ0n) is 17.2. The minimum Gasteiger partial charge on any atom is -0.488 e. The van der Waals surface area contributed by atoms with E-state index in [1.807, 2.05) is 56.3 Å². The molecule has 0 spiro atoms. The summed E-state index contributed by atoms with van der Waals surface area (Å²) in [5.74, 6) is 0.632. The predicted molar refractivity (Wildman–Crippen MR) is 129 cm³/mol. The van der Waals surface area contributed by atoms with Crippen molar-refractivity contribution in [2.45, 2.75) is 27.0 Å². The van der Waals surface area contributed by atoms with Gasteiger partial charge >= 0.3 is 0 Å². The Morgan fingerprint density at radius 3 is 2.19 bits per heavy atom. The zero-order valence-corrected chi connectivity index (χ0v) is 19.5. The van der Waals surface area contributed by atoms with Gasteiger partial charge in [0.25, 0.3) is 0 Å². The highest BCUT2D eigenvalue weighted by atomic mass is 35.5. The van der Waals surface area contributed by atoms with Gasteiger partial charge in [0.1, 0.15) is 12.4 Å². The average molecular weight is 478 g/mol. The maximum atomic E-state index is 11.8. The molecule has 31 heavy (non-hydrogen) atoms. The molecule has 0 saturated heterocycles. The topological polar surface area (TPSA) is 50.4 Å². The Labute approximate surface area is 197 Å². The van der Waals surface area contributed by atoms with Crippen molar-refractivity contribution >= 4 is 52.1 Å². The lowest BCUT2D eigenvalue weighted by atomic mass is 10.1. The molecule has 0 radical (unpaired) electrons. The molecule has 0 heterocycles. The number of hydrogen-bond donors (Lipinski definition) is 2. The Balaban J connectivity index is 1.65. The smallest absolute Gasteiger partial charge is 0.226 e. The first-order valence-electron chi connectivity index (χ1n) is 9.82. The normalized spacial score (nSPS) is 10.8. The molecule has 3 aromatic rings. The summed E-state index contributed by atoms with van der Waals surface area (Å²) in [4.78, 5) is 11.8. The van der Waals surface area contributed by atoms with Crippen LogP contribution in [0.15, 0.2) is 60.7 Å². The largest absolute Gasteiger partial charge is 0.488 e. The molecule has 7 heteroatoms. The van der Waals surface area contributed by atoms with Gasteiger partial charge < -0.3 is 15.4 Å². The number of carbonyl (C=O) groups excluding carboxylic acids is 1. The SMILES string of the molecule is CC(C)C(=O)Nc1ccc(NCc2cc(Cl)ccc2OCc2ccc(Cl)cc2Cl)cc1. The van der Waals surface area contributed by atoms with Gasteiger partial charge in [-0.2, -0.15) is 0 Å². The van der Waals surface area contributed by atoms with E-state index in [0.29, 0.717) is 34.0 Å². The highest BCUT2D eigenvalue weighted by molar-refractivity contribution is 6.35. The van der Waals surface area contributed by atoms with E-state index in [-0.39, 0.29) is 11.8 Å². The molecule has 3 aromatic carbocycles. The fourth-order valence-corrected chi connectivity index (χ4v) is 3.43. The van der Waals surface area contributed by atoms with Crippen LogP contribution in [0.5, 0.6) is 5.75 Å². The van der Waals surface area contributed by atoms with Crippen molar-refractivity contribution in [1.82, 2.24) is 0 Å². The average Bonchev–Trinajstić information content (AvgIpc) is 2.73. The van der Waals surface area contributed by atoms with Gasteiger partial charge in [-0.1, -0.05) is 54.7 Å². The Hall–Kier alpha value is -2.40. The number of halogens is 3. The Bertz CT molecular complexity index is 1050. The van der Waals surface area contributed by atoms with E-state index >= 15 is 0 Å². The first-order valence-corrected chi connectivity index (χ1v) is 10.9. The number of rotatable bonds is 8. The molecule has 162 valence electrons. The van der Waals surface area contributed by atoms with Crippen LogP contribution in [0.3, 0.4) is 0 Å². The van der Waals surface area contributed by atoms with E-state index < -0.39 is 0 Å². The quantitative estimate of drug-likeness (QED) is 0.354. The molecule has 0 aliphatic carbocycles. The third-order valence-electron chi connectivity index (χ3n) is 4.58. The van der Waals surface area contributed by atoms with Crippen LogP contribution in [0.4, 0.5) is 11.4 Å². The van der Waals surface area contributed by atoms with E-state index in [9.17, 15) is 4.79 Å². The van der Waals surface area contributed by atoms with Crippen LogP contribution in [0.1, 0.15) is 25.0 Å². The third kappa shape index (κ3) is 6.79. The van der Waals surface area contributed by atoms with Crippen LogP contribution in [0.2, 0.25) is 15.1 Å². The standard InChI is InChI=1S/C24H23Cl3N2O2/c1-15(2)24(30)29-21-8-6-20(7-9-21)28-13-17-11-18(25)5-10-23(17)31-14-16-3-4-19(26)12-22(16)27/h3-12,15,28H,13-14H2,1-2H3,(H,29,30). The van der Waals surface area contributed by atoms with E-state index in [4.69, 9.17) is 39.5 Å². The number of hydrogen-bond acceptors (Lipinski definition) is 3. The summed E-state index contributed by atoms with van der Waals surface area (Å²) in [5.41, 5.74) is 3.43. The molecule has 0 aromatic heterocycles. The number of amides is 1. The highest BCUT2D eigenvalue weighted by Crippen LogP contribution is 2.27. The van der Waals surface area contributed by atoms with Crippen molar-refractivity contribution in [1.29, 1.82) is 0 Å². The van der Waals surface area contributed by atoms with E-state index in [0.717, 1.165) is 22.5 Å². The van der Waals surface area contributed by atoms with Crippen LogP contribution >= 0.6 is 34.8 Å². The summed E-state index contributed by atoms with van der Waals surface area (Å²) in [7, 11) is 0. The molecule has 1 amide bonds. The summed E-state index contributed by atoms with van der Waals surface area (Å²) in [5, 5.41) is 8.00. The highest BCUT2D eigenvalue weighted by Gasteiger charge is 2.09. The predicted octanol–water partition coefficient (Wildman–Crippen LogP) is 7.43. The van der Waals surface area contributed by atoms with E-state index in [1.54, 1.807) is 18.2 Å². The van der Waals surface area contributed by atoms with Gasteiger partial charge in [0, 0.05) is 50.0 Å². The minimum atomic E-state index is -0.0678. The lowest BCUT2D eigenvalue weighted by molar-refractivity contribution is -0.118. The van der Waals surface area contributed by atoms with Gasteiger partial charge in [0.2, 0.25) is 5.91 Å². The maximum Gasteiger partial charge on any atom is 0.226 e. The van der Waals surface area contributed by atoms with Gasteiger partial charge in [-0.05, 0) is 54.6 Å². The molecule has 0 fully saturated rings. The second-order valence-corrected chi connectivity index (χ2v) is 8.63. The monoisotopic (exact) mass is 476 g/mol. The fourth-order valence-electron chi connectivity index (χ4n) is 2.78. The summed E-state index contributed by atoms with van der Waals surface area (Å²) in [6, 6.07) is 18.4. The van der Waals surface area contributed by atoms with Crippen LogP contribution in [0.25, 0.3) is 0 Å². The van der Waals surface area contributed by atoms with Crippen LogP contribution in [-0.2, 0) is 17.9 Å². The summed E-state index contributed by atoms with van der Waals surface area (Å²) in [6.07, 6.45) is 0. The first kappa shape index (κ1) is 23.3. The number of carbonyl (C=O) groups is 1. The van der Waals surface area contributed by atoms with Gasteiger partial charge in [-0.15, -0.1) is 0 Å². The lowest BCUT2D eigenvalue weighted by Crippen LogP contribution is -2.17. The number of benzene rings is 3. The minimum absolute atomic E-state index is 0.0118. The lowest BCUT2D eigenvalue weighted by Gasteiger charge is -2.15. The van der Waals surface area contributed by atoms with Crippen molar-refractivity contribution < 1.29 is 9.53 Å². The molecule has 3 rings (SSSR count). The Morgan fingerprint density at radius 1 is 0.871 bits per heavy atom. The second kappa shape index (κ2) is 10.8. The molecule has 2 N–H and O–H groups in total. The molecule has 0 saturated carbocycles. The zero-order chi connectivity index (χ0) is 22.4. The molecular weight excluding hydrogens is 455 g/mol. The van der Waals surface area contributed by atoms with E-state index in [1.165, 1.54) is 0 Å². The second-order valence-electron chi connectivity index (χ2n) is 7.35. The number of anilines is 2. The van der Waals surface area contributed by atoms with Crippen molar-refractivity contribution in [3.63, 3.8) is 0 Å². The third-order valence-corrected chi connectivity index (χ3v) is 5.40. The Kier molecular flexibility index (Phi) is 8.08. The van der Waals surface area contributed by atoms with Gasteiger partial charge in [-0.25, -0.2) is 0 Å². The van der Waals surface area contributed by atoms with Gasteiger partial charge in [0.15, 0.2) is 0 Å². The number of nitrogens with one attached hydrogen (secondary N) is 2. The van der Waals surface area contributed by atoms with Crippen molar-refractivity contribution in [3.8, 4) is 5.75 Å². The van der Waals surface area contributed by atoms with Crippen molar-refractivity contribution in [3.05, 3.63) is 86.9 Å². The molecular formula is C24H23Cl3N2O2.